The zero-order valence-electron chi connectivity index (χ0n) is 9.67. The van der Waals surface area contributed by atoms with Gasteiger partial charge in [0.2, 0.25) is 0 Å². The first-order chi connectivity index (χ1) is 8.81. The van der Waals surface area contributed by atoms with Crippen molar-refractivity contribution in [2.75, 3.05) is 11.1 Å². The second kappa shape index (κ2) is 4.33. The van der Waals surface area contributed by atoms with Gasteiger partial charge < -0.3 is 11.1 Å². The van der Waals surface area contributed by atoms with Crippen LogP contribution >= 0.6 is 0 Å². The second-order valence-corrected chi connectivity index (χ2v) is 3.99. The number of nitrogens with one attached hydrogen (secondary N) is 1. The van der Waals surface area contributed by atoms with Gasteiger partial charge in [0.05, 0.1) is 17.2 Å². The number of fused-ring (bicyclic) bond motifs is 1. The van der Waals surface area contributed by atoms with E-state index in [1.165, 1.54) is 0 Å². The lowest BCUT2D eigenvalue weighted by Gasteiger charge is -2.06. The van der Waals surface area contributed by atoms with Crippen LogP contribution in [0.25, 0.3) is 11.0 Å². The lowest BCUT2D eigenvalue weighted by molar-refractivity contribution is 1.28. The topological polar surface area (TPSA) is 63.8 Å². The van der Waals surface area contributed by atoms with Crippen molar-refractivity contribution in [2.24, 2.45) is 0 Å². The van der Waals surface area contributed by atoms with Crippen molar-refractivity contribution in [2.45, 2.75) is 0 Å². The summed E-state index contributed by atoms with van der Waals surface area (Å²) in [7, 11) is 0. The van der Waals surface area contributed by atoms with Gasteiger partial charge in [-0.05, 0) is 30.3 Å². The third kappa shape index (κ3) is 2.08. The Hall–Kier alpha value is -2.62. The number of aromatic nitrogens is 2. The number of anilines is 3. The van der Waals surface area contributed by atoms with Gasteiger partial charge in [-0.15, -0.1) is 0 Å². The van der Waals surface area contributed by atoms with Gasteiger partial charge in [-0.2, -0.15) is 0 Å². The van der Waals surface area contributed by atoms with Crippen LogP contribution in [0.4, 0.5) is 17.2 Å². The summed E-state index contributed by atoms with van der Waals surface area (Å²) in [6.45, 7) is 0. The molecular weight excluding hydrogens is 224 g/mol. The fraction of sp³-hybridized carbons (Fsp3) is 0. The number of nitrogens with two attached hydrogens (primary N) is 1. The minimum atomic E-state index is 0.708. The number of nitrogen functional groups attached to an aromatic ring is 1. The van der Waals surface area contributed by atoms with Crippen LogP contribution in [0.5, 0.6) is 0 Å². The Morgan fingerprint density at radius 2 is 1.78 bits per heavy atom. The molecule has 2 aromatic carbocycles. The van der Waals surface area contributed by atoms with Gasteiger partial charge in [0.1, 0.15) is 5.82 Å². The molecule has 4 nitrogen and oxygen atoms in total. The molecule has 0 unspecified atom stereocenters. The van der Waals surface area contributed by atoms with Gasteiger partial charge in [-0.3, -0.25) is 4.98 Å². The fourth-order valence-electron chi connectivity index (χ4n) is 1.78. The first-order valence-corrected chi connectivity index (χ1v) is 5.66. The Bertz CT molecular complexity index is 694. The molecule has 18 heavy (non-hydrogen) atoms. The lowest BCUT2D eigenvalue weighted by Crippen LogP contribution is -1.96. The summed E-state index contributed by atoms with van der Waals surface area (Å²) >= 11 is 0. The summed E-state index contributed by atoms with van der Waals surface area (Å²) in [4.78, 5) is 8.83. The molecule has 0 amide bonds. The standard InChI is InChI=1S/C14H12N4/c15-10-4-3-5-11(8-10)17-14-9-16-12-6-1-2-7-13(12)18-14/h1-9H,15H2,(H,17,18). The van der Waals surface area contributed by atoms with E-state index in [-0.39, 0.29) is 0 Å². The van der Waals surface area contributed by atoms with E-state index in [4.69, 9.17) is 5.73 Å². The Morgan fingerprint density at radius 1 is 0.944 bits per heavy atom. The first-order valence-electron chi connectivity index (χ1n) is 5.66. The highest BCUT2D eigenvalue weighted by molar-refractivity contribution is 5.76. The molecule has 0 aliphatic carbocycles. The van der Waals surface area contributed by atoms with Crippen LogP contribution in [-0.2, 0) is 0 Å². The van der Waals surface area contributed by atoms with Gasteiger partial charge >= 0.3 is 0 Å². The van der Waals surface area contributed by atoms with E-state index < -0.39 is 0 Å². The highest BCUT2D eigenvalue weighted by Gasteiger charge is 1.99. The van der Waals surface area contributed by atoms with E-state index in [2.05, 4.69) is 15.3 Å². The monoisotopic (exact) mass is 236 g/mol. The molecule has 1 heterocycles. The van der Waals surface area contributed by atoms with Crippen LogP contribution in [0.2, 0.25) is 0 Å². The summed E-state index contributed by atoms with van der Waals surface area (Å²) < 4.78 is 0. The summed E-state index contributed by atoms with van der Waals surface area (Å²) in [6.07, 6.45) is 1.71. The quantitative estimate of drug-likeness (QED) is 0.671. The summed E-state index contributed by atoms with van der Waals surface area (Å²) in [6, 6.07) is 15.3. The molecule has 0 spiro atoms. The van der Waals surface area contributed by atoms with E-state index in [1.54, 1.807) is 6.20 Å². The van der Waals surface area contributed by atoms with Crippen LogP contribution in [0, 0.1) is 0 Å². The zero-order valence-corrected chi connectivity index (χ0v) is 9.67. The normalized spacial score (nSPS) is 10.4. The van der Waals surface area contributed by atoms with Gasteiger partial charge in [0.15, 0.2) is 0 Å². The van der Waals surface area contributed by atoms with Crippen molar-refractivity contribution in [1.82, 2.24) is 9.97 Å². The number of hydrogen-bond donors (Lipinski definition) is 2. The molecule has 0 saturated heterocycles. The smallest absolute Gasteiger partial charge is 0.149 e. The number of benzene rings is 2. The van der Waals surface area contributed by atoms with Crippen LogP contribution in [0.3, 0.4) is 0 Å². The molecule has 4 heteroatoms. The van der Waals surface area contributed by atoms with E-state index >= 15 is 0 Å². The van der Waals surface area contributed by atoms with E-state index in [0.29, 0.717) is 11.5 Å². The van der Waals surface area contributed by atoms with E-state index in [1.807, 2.05) is 48.5 Å². The Kier molecular flexibility index (Phi) is 2.53. The zero-order chi connectivity index (χ0) is 12.4. The van der Waals surface area contributed by atoms with Gasteiger partial charge in [0.25, 0.3) is 0 Å². The van der Waals surface area contributed by atoms with Crippen molar-refractivity contribution >= 4 is 28.2 Å². The average Bonchev–Trinajstić information content (AvgIpc) is 2.39. The highest BCUT2D eigenvalue weighted by atomic mass is 15.0. The van der Waals surface area contributed by atoms with Crippen LogP contribution in [-0.4, -0.2) is 9.97 Å². The van der Waals surface area contributed by atoms with Gasteiger partial charge in [-0.25, -0.2) is 4.98 Å². The second-order valence-electron chi connectivity index (χ2n) is 3.99. The first kappa shape index (κ1) is 10.5. The number of hydrogen-bond acceptors (Lipinski definition) is 4. The van der Waals surface area contributed by atoms with Gasteiger partial charge in [0, 0.05) is 11.4 Å². The molecular formula is C14H12N4. The Labute approximate surface area is 104 Å². The fourth-order valence-corrected chi connectivity index (χ4v) is 1.78. The van der Waals surface area contributed by atoms with Crippen LogP contribution in [0.1, 0.15) is 0 Å². The molecule has 3 aromatic rings. The molecule has 0 atom stereocenters. The molecule has 0 aliphatic heterocycles. The van der Waals surface area contributed by atoms with Crippen molar-refractivity contribution in [3.05, 3.63) is 54.7 Å². The minimum absolute atomic E-state index is 0.708. The molecule has 3 N–H and O–H groups in total. The van der Waals surface area contributed by atoms with Crippen molar-refractivity contribution < 1.29 is 0 Å². The number of nitrogens with zero attached hydrogens (tertiary/aromatic N) is 2. The number of para-hydroxylation sites is 2. The Morgan fingerprint density at radius 3 is 2.61 bits per heavy atom. The van der Waals surface area contributed by atoms with Gasteiger partial charge in [-0.1, -0.05) is 18.2 Å². The molecule has 0 aliphatic rings. The van der Waals surface area contributed by atoms with Crippen molar-refractivity contribution in [3.8, 4) is 0 Å². The molecule has 0 bridgehead atoms. The van der Waals surface area contributed by atoms with Crippen molar-refractivity contribution in [1.29, 1.82) is 0 Å². The van der Waals surface area contributed by atoms with E-state index in [0.717, 1.165) is 16.7 Å². The summed E-state index contributed by atoms with van der Waals surface area (Å²) in [5, 5.41) is 3.18. The van der Waals surface area contributed by atoms with Crippen molar-refractivity contribution in [3.63, 3.8) is 0 Å². The van der Waals surface area contributed by atoms with Crippen LogP contribution in [0.15, 0.2) is 54.7 Å². The maximum Gasteiger partial charge on any atom is 0.149 e. The molecule has 0 radical (unpaired) electrons. The average molecular weight is 236 g/mol. The summed E-state index contributed by atoms with van der Waals surface area (Å²) in [5.41, 5.74) is 9.10. The minimum Gasteiger partial charge on any atom is -0.399 e. The molecule has 3 rings (SSSR count). The number of rotatable bonds is 2. The summed E-state index contributed by atoms with van der Waals surface area (Å²) in [5.74, 6) is 0.708. The van der Waals surface area contributed by atoms with Crippen LogP contribution < -0.4 is 11.1 Å². The molecule has 0 fully saturated rings. The maximum absolute atomic E-state index is 5.73. The third-order valence-corrected chi connectivity index (χ3v) is 2.61. The predicted molar refractivity (Wildman–Crippen MR) is 73.7 cm³/mol. The van der Waals surface area contributed by atoms with E-state index in [9.17, 15) is 0 Å². The predicted octanol–water partition coefficient (Wildman–Crippen LogP) is 2.96. The third-order valence-electron chi connectivity index (χ3n) is 2.61. The maximum atomic E-state index is 5.73. The molecule has 0 saturated carbocycles. The molecule has 1 aromatic heterocycles. The lowest BCUT2D eigenvalue weighted by atomic mass is 10.3. The Balaban J connectivity index is 1.95. The highest BCUT2D eigenvalue weighted by Crippen LogP contribution is 2.18. The SMILES string of the molecule is Nc1cccc(Nc2cnc3ccccc3n2)c1. The largest absolute Gasteiger partial charge is 0.399 e. The molecule has 88 valence electrons.